The van der Waals surface area contributed by atoms with Gasteiger partial charge in [0, 0.05) is 9.32 Å². The van der Waals surface area contributed by atoms with Gasteiger partial charge in [-0.15, -0.1) is 11.8 Å². The summed E-state index contributed by atoms with van der Waals surface area (Å²) in [6.07, 6.45) is 2.01. The Morgan fingerprint density at radius 2 is 2.33 bits per heavy atom. The molecule has 0 amide bonds. The van der Waals surface area contributed by atoms with E-state index in [1.807, 2.05) is 18.4 Å². The van der Waals surface area contributed by atoms with Gasteiger partial charge in [-0.3, -0.25) is 0 Å². The maximum atomic E-state index is 8.81. The SMILES string of the molecule is CSc1ccc(CI)c(C#N)c1. The highest BCUT2D eigenvalue weighted by Gasteiger charge is 2.00. The van der Waals surface area contributed by atoms with Gasteiger partial charge in [0.15, 0.2) is 0 Å². The number of nitriles is 1. The number of rotatable bonds is 2. The van der Waals surface area contributed by atoms with Crippen LogP contribution in [0.25, 0.3) is 0 Å². The third kappa shape index (κ3) is 2.14. The molecule has 0 fully saturated rings. The van der Waals surface area contributed by atoms with Crippen molar-refractivity contribution in [2.75, 3.05) is 6.26 Å². The van der Waals surface area contributed by atoms with Gasteiger partial charge < -0.3 is 0 Å². The molecule has 0 N–H and O–H groups in total. The summed E-state index contributed by atoms with van der Waals surface area (Å²) in [5.74, 6) is 0. The van der Waals surface area contributed by atoms with E-state index in [0.717, 1.165) is 20.4 Å². The fourth-order valence-corrected chi connectivity index (χ4v) is 2.01. The van der Waals surface area contributed by atoms with Crippen LogP contribution >= 0.6 is 34.4 Å². The van der Waals surface area contributed by atoms with Gasteiger partial charge in [-0.25, -0.2) is 0 Å². The summed E-state index contributed by atoms with van der Waals surface area (Å²) >= 11 is 3.93. The summed E-state index contributed by atoms with van der Waals surface area (Å²) in [5, 5.41) is 8.81. The molecule has 0 heterocycles. The first-order chi connectivity index (χ1) is 5.81. The molecular formula is C9H8INS. The maximum absolute atomic E-state index is 8.81. The molecule has 62 valence electrons. The van der Waals surface area contributed by atoms with Gasteiger partial charge in [0.05, 0.1) is 11.6 Å². The largest absolute Gasteiger partial charge is 0.192 e. The lowest BCUT2D eigenvalue weighted by molar-refractivity contribution is 1.32. The van der Waals surface area contributed by atoms with E-state index in [0.29, 0.717) is 0 Å². The second-order valence-electron chi connectivity index (χ2n) is 2.27. The lowest BCUT2D eigenvalue weighted by Gasteiger charge is -2.01. The quantitative estimate of drug-likeness (QED) is 0.474. The Morgan fingerprint density at radius 1 is 1.58 bits per heavy atom. The standard InChI is InChI=1S/C9H8INS/c1-12-9-3-2-7(5-10)8(4-9)6-11/h2-4H,5H2,1H3. The zero-order valence-electron chi connectivity index (χ0n) is 6.67. The average Bonchev–Trinajstić information content (AvgIpc) is 2.16. The minimum Gasteiger partial charge on any atom is -0.192 e. The van der Waals surface area contributed by atoms with Crippen LogP contribution in [-0.4, -0.2) is 6.26 Å². The number of thioether (sulfide) groups is 1. The number of nitrogens with zero attached hydrogens (tertiary/aromatic N) is 1. The molecule has 0 aliphatic carbocycles. The van der Waals surface area contributed by atoms with Crippen molar-refractivity contribution in [2.45, 2.75) is 9.32 Å². The van der Waals surface area contributed by atoms with E-state index in [1.54, 1.807) is 11.8 Å². The fourth-order valence-electron chi connectivity index (χ4n) is 0.903. The lowest BCUT2D eigenvalue weighted by Crippen LogP contribution is -1.85. The van der Waals surface area contributed by atoms with Crippen LogP contribution in [0.4, 0.5) is 0 Å². The Labute approximate surface area is 90.3 Å². The van der Waals surface area contributed by atoms with Crippen LogP contribution < -0.4 is 0 Å². The van der Waals surface area contributed by atoms with Crippen molar-refractivity contribution in [1.82, 2.24) is 0 Å². The van der Waals surface area contributed by atoms with Crippen LogP contribution in [0.5, 0.6) is 0 Å². The van der Waals surface area contributed by atoms with Crippen LogP contribution in [0.3, 0.4) is 0 Å². The summed E-state index contributed by atoms with van der Waals surface area (Å²) in [5.41, 5.74) is 1.92. The highest BCUT2D eigenvalue weighted by molar-refractivity contribution is 14.1. The number of hydrogen-bond donors (Lipinski definition) is 0. The molecule has 0 aliphatic heterocycles. The van der Waals surface area contributed by atoms with Crippen LogP contribution in [0, 0.1) is 11.3 Å². The molecule has 3 heteroatoms. The van der Waals surface area contributed by atoms with Gasteiger partial charge in [-0.05, 0) is 24.0 Å². The molecule has 0 aliphatic rings. The predicted molar refractivity (Wildman–Crippen MR) is 60.7 cm³/mol. The van der Waals surface area contributed by atoms with Crippen molar-refractivity contribution in [2.24, 2.45) is 0 Å². The van der Waals surface area contributed by atoms with Crippen LogP contribution in [0.1, 0.15) is 11.1 Å². The fraction of sp³-hybridized carbons (Fsp3) is 0.222. The van der Waals surface area contributed by atoms with E-state index in [1.165, 1.54) is 0 Å². The number of benzene rings is 1. The van der Waals surface area contributed by atoms with Gasteiger partial charge >= 0.3 is 0 Å². The number of hydrogen-bond acceptors (Lipinski definition) is 2. The first kappa shape index (κ1) is 9.87. The number of halogens is 1. The molecule has 0 spiro atoms. The Bertz CT molecular complexity index is 317. The van der Waals surface area contributed by atoms with Gasteiger partial charge in [0.1, 0.15) is 0 Å². The molecule has 1 nitrogen and oxygen atoms in total. The molecule has 0 radical (unpaired) electrons. The van der Waals surface area contributed by atoms with Gasteiger partial charge in [-0.2, -0.15) is 5.26 Å². The minimum atomic E-state index is 0.802. The third-order valence-corrected chi connectivity index (χ3v) is 3.13. The van der Waals surface area contributed by atoms with E-state index in [9.17, 15) is 0 Å². The molecule has 0 unspecified atom stereocenters. The van der Waals surface area contributed by atoms with Gasteiger partial charge in [-0.1, -0.05) is 28.7 Å². The van der Waals surface area contributed by atoms with Crippen molar-refractivity contribution in [3.8, 4) is 6.07 Å². The summed E-state index contributed by atoms with van der Waals surface area (Å²) in [7, 11) is 0. The molecule has 0 atom stereocenters. The summed E-state index contributed by atoms with van der Waals surface area (Å²) in [6.45, 7) is 0. The zero-order valence-corrected chi connectivity index (χ0v) is 9.65. The summed E-state index contributed by atoms with van der Waals surface area (Å²) in [6, 6.07) is 8.23. The zero-order chi connectivity index (χ0) is 8.97. The van der Waals surface area contributed by atoms with Crippen molar-refractivity contribution in [1.29, 1.82) is 5.26 Å². The highest BCUT2D eigenvalue weighted by atomic mass is 127. The van der Waals surface area contributed by atoms with E-state index in [2.05, 4.69) is 34.7 Å². The molecule has 0 saturated heterocycles. The highest BCUT2D eigenvalue weighted by Crippen LogP contribution is 2.20. The van der Waals surface area contributed by atoms with Crippen molar-refractivity contribution < 1.29 is 0 Å². The lowest BCUT2D eigenvalue weighted by atomic mass is 10.1. The molecule has 0 saturated carbocycles. The Morgan fingerprint density at radius 3 is 2.83 bits per heavy atom. The first-order valence-corrected chi connectivity index (χ1v) is 6.20. The second-order valence-corrected chi connectivity index (χ2v) is 3.91. The minimum absolute atomic E-state index is 0.802. The summed E-state index contributed by atoms with van der Waals surface area (Å²) in [4.78, 5) is 1.15. The first-order valence-electron chi connectivity index (χ1n) is 3.44. The van der Waals surface area contributed by atoms with E-state index in [4.69, 9.17) is 5.26 Å². The Kier molecular flexibility index (Phi) is 3.89. The van der Waals surface area contributed by atoms with E-state index >= 15 is 0 Å². The average molecular weight is 289 g/mol. The van der Waals surface area contributed by atoms with Crippen LogP contribution in [0.15, 0.2) is 23.1 Å². The molecule has 0 aromatic heterocycles. The maximum Gasteiger partial charge on any atom is 0.0995 e. The van der Waals surface area contributed by atoms with Crippen LogP contribution in [-0.2, 0) is 4.43 Å². The molecular weight excluding hydrogens is 281 g/mol. The second kappa shape index (κ2) is 4.73. The van der Waals surface area contributed by atoms with Crippen molar-refractivity contribution in [3.63, 3.8) is 0 Å². The topological polar surface area (TPSA) is 23.8 Å². The van der Waals surface area contributed by atoms with Crippen molar-refractivity contribution in [3.05, 3.63) is 29.3 Å². The molecule has 1 aromatic carbocycles. The van der Waals surface area contributed by atoms with Crippen LogP contribution in [0.2, 0.25) is 0 Å². The predicted octanol–water partition coefficient (Wildman–Crippen LogP) is 3.22. The van der Waals surface area contributed by atoms with Gasteiger partial charge in [0.25, 0.3) is 0 Å². The Balaban J connectivity index is 3.13. The molecule has 1 rings (SSSR count). The Hall–Kier alpha value is -0.210. The molecule has 12 heavy (non-hydrogen) atoms. The van der Waals surface area contributed by atoms with Crippen molar-refractivity contribution >= 4 is 34.4 Å². The summed E-state index contributed by atoms with van der Waals surface area (Å²) < 4.78 is 0.898. The van der Waals surface area contributed by atoms with E-state index in [-0.39, 0.29) is 0 Å². The third-order valence-electron chi connectivity index (χ3n) is 1.58. The van der Waals surface area contributed by atoms with E-state index < -0.39 is 0 Å². The monoisotopic (exact) mass is 289 g/mol. The van der Waals surface area contributed by atoms with Gasteiger partial charge in [0.2, 0.25) is 0 Å². The smallest absolute Gasteiger partial charge is 0.0995 e. The normalized spacial score (nSPS) is 9.42. The molecule has 1 aromatic rings. The molecule has 0 bridgehead atoms. The number of alkyl halides is 1.